The fourth-order valence-electron chi connectivity index (χ4n) is 2.55. The van der Waals surface area contributed by atoms with Gasteiger partial charge in [-0.2, -0.15) is 0 Å². The molecule has 0 aliphatic rings. The van der Waals surface area contributed by atoms with E-state index in [9.17, 15) is 14.9 Å². The second-order valence-corrected chi connectivity index (χ2v) is 5.97. The number of anilines is 1. The molecule has 0 radical (unpaired) electrons. The molecule has 0 bridgehead atoms. The molecule has 1 N–H and O–H groups in total. The first kappa shape index (κ1) is 17.4. The summed E-state index contributed by atoms with van der Waals surface area (Å²) in [5.41, 5.74) is 0.0892. The molecular formula is C18H18N4O4. The van der Waals surface area contributed by atoms with Crippen molar-refractivity contribution in [1.29, 1.82) is 0 Å². The van der Waals surface area contributed by atoms with Crippen LogP contribution in [0.2, 0.25) is 0 Å². The molecule has 1 atom stereocenters. The molecular weight excluding hydrogens is 336 g/mol. The van der Waals surface area contributed by atoms with E-state index in [-0.39, 0.29) is 18.5 Å². The Morgan fingerprint density at radius 1 is 1.31 bits per heavy atom. The number of aryl methyl sites for hydroxylation is 1. The average Bonchev–Trinajstić information content (AvgIpc) is 2.60. The lowest BCUT2D eigenvalue weighted by Crippen LogP contribution is -2.27. The van der Waals surface area contributed by atoms with E-state index in [0.29, 0.717) is 11.4 Å². The van der Waals surface area contributed by atoms with Crippen LogP contribution in [0.4, 0.5) is 11.5 Å². The van der Waals surface area contributed by atoms with Crippen molar-refractivity contribution in [3.05, 3.63) is 74.7 Å². The van der Waals surface area contributed by atoms with Crippen LogP contribution in [0, 0.1) is 17.0 Å². The number of fused-ring (bicyclic) bond motifs is 1. The predicted molar refractivity (Wildman–Crippen MR) is 97.9 cm³/mol. The Kier molecular flexibility index (Phi) is 4.83. The summed E-state index contributed by atoms with van der Waals surface area (Å²) in [6.07, 6.45) is 1.45. The number of pyridine rings is 1. The second kappa shape index (κ2) is 7.22. The molecule has 2 aromatic heterocycles. The SMILES string of the molecule is Cc1cccc(OCC(C)Nc2nc3ccccn3c(=O)c2[N+](=O)[O-])c1. The van der Waals surface area contributed by atoms with Crippen LogP contribution in [0.3, 0.4) is 0 Å². The van der Waals surface area contributed by atoms with Gasteiger partial charge in [-0.15, -0.1) is 0 Å². The van der Waals surface area contributed by atoms with Crippen LogP contribution in [0.15, 0.2) is 53.5 Å². The maximum Gasteiger partial charge on any atom is 0.376 e. The van der Waals surface area contributed by atoms with Crippen molar-refractivity contribution in [1.82, 2.24) is 9.38 Å². The van der Waals surface area contributed by atoms with Gasteiger partial charge in [0.25, 0.3) is 0 Å². The molecule has 134 valence electrons. The van der Waals surface area contributed by atoms with Gasteiger partial charge in [-0.05, 0) is 43.7 Å². The first-order chi connectivity index (χ1) is 12.5. The first-order valence-electron chi connectivity index (χ1n) is 8.07. The minimum absolute atomic E-state index is 0.0634. The number of hydrogen-bond donors (Lipinski definition) is 1. The van der Waals surface area contributed by atoms with Gasteiger partial charge in [0.05, 0.1) is 11.0 Å². The topological polar surface area (TPSA) is 98.8 Å². The van der Waals surface area contributed by atoms with Crippen molar-refractivity contribution in [2.45, 2.75) is 19.9 Å². The van der Waals surface area contributed by atoms with Gasteiger partial charge >= 0.3 is 11.2 Å². The average molecular weight is 354 g/mol. The largest absolute Gasteiger partial charge is 0.491 e. The number of ether oxygens (including phenoxy) is 1. The Balaban J connectivity index is 1.84. The van der Waals surface area contributed by atoms with Gasteiger partial charge < -0.3 is 10.1 Å². The molecule has 0 aliphatic heterocycles. The summed E-state index contributed by atoms with van der Waals surface area (Å²) in [7, 11) is 0. The summed E-state index contributed by atoms with van der Waals surface area (Å²) < 4.78 is 6.85. The van der Waals surface area contributed by atoms with E-state index in [2.05, 4.69) is 10.3 Å². The number of nitrogens with one attached hydrogen (secondary N) is 1. The maximum atomic E-state index is 12.4. The third kappa shape index (κ3) is 3.64. The fourth-order valence-corrected chi connectivity index (χ4v) is 2.55. The lowest BCUT2D eigenvalue weighted by atomic mass is 10.2. The maximum absolute atomic E-state index is 12.4. The molecule has 0 spiro atoms. The molecule has 3 aromatic rings. The van der Waals surface area contributed by atoms with Crippen molar-refractivity contribution in [3.63, 3.8) is 0 Å². The Bertz CT molecular complexity index is 1020. The number of nitrogens with zero attached hydrogens (tertiary/aromatic N) is 3. The van der Waals surface area contributed by atoms with Crippen LogP contribution in [-0.4, -0.2) is 27.0 Å². The molecule has 0 amide bonds. The number of aromatic nitrogens is 2. The highest BCUT2D eigenvalue weighted by molar-refractivity contribution is 5.60. The van der Waals surface area contributed by atoms with E-state index >= 15 is 0 Å². The van der Waals surface area contributed by atoms with E-state index in [1.807, 2.05) is 31.2 Å². The van der Waals surface area contributed by atoms with Crippen LogP contribution in [0.25, 0.3) is 5.65 Å². The van der Waals surface area contributed by atoms with E-state index < -0.39 is 16.2 Å². The van der Waals surface area contributed by atoms with Gasteiger partial charge in [-0.1, -0.05) is 18.2 Å². The van der Waals surface area contributed by atoms with Gasteiger partial charge in [-0.25, -0.2) is 4.98 Å². The van der Waals surface area contributed by atoms with Crippen LogP contribution in [0.1, 0.15) is 12.5 Å². The molecule has 8 nitrogen and oxygen atoms in total. The van der Waals surface area contributed by atoms with Crippen LogP contribution in [0.5, 0.6) is 5.75 Å². The molecule has 0 fully saturated rings. The Morgan fingerprint density at radius 2 is 2.12 bits per heavy atom. The summed E-state index contributed by atoms with van der Waals surface area (Å²) in [5.74, 6) is 0.645. The zero-order chi connectivity index (χ0) is 18.7. The van der Waals surface area contributed by atoms with Gasteiger partial charge in [0.2, 0.25) is 5.82 Å². The van der Waals surface area contributed by atoms with Crippen molar-refractivity contribution >= 4 is 17.2 Å². The zero-order valence-electron chi connectivity index (χ0n) is 14.4. The predicted octanol–water partition coefficient (Wildman–Crippen LogP) is 2.79. The molecule has 26 heavy (non-hydrogen) atoms. The Labute approximate surface area is 149 Å². The quantitative estimate of drug-likeness (QED) is 0.540. The molecule has 2 heterocycles. The third-order valence-electron chi connectivity index (χ3n) is 3.77. The van der Waals surface area contributed by atoms with Crippen LogP contribution >= 0.6 is 0 Å². The van der Waals surface area contributed by atoms with Gasteiger partial charge in [0.15, 0.2) is 0 Å². The van der Waals surface area contributed by atoms with Crippen molar-refractivity contribution in [3.8, 4) is 5.75 Å². The highest BCUT2D eigenvalue weighted by Crippen LogP contribution is 2.19. The smallest absolute Gasteiger partial charge is 0.376 e. The summed E-state index contributed by atoms with van der Waals surface area (Å²) in [4.78, 5) is 27.3. The molecule has 0 saturated heterocycles. The standard InChI is InChI=1S/C18H18N4O4/c1-12-6-5-7-14(10-12)26-11-13(2)19-17-16(22(24)25)18(23)21-9-4-3-8-15(21)20-17/h3-10,13,19H,11H2,1-2H3. The zero-order valence-corrected chi connectivity index (χ0v) is 14.4. The number of hydrogen-bond acceptors (Lipinski definition) is 6. The number of rotatable bonds is 6. The normalized spacial score (nSPS) is 11.9. The summed E-state index contributed by atoms with van der Waals surface area (Å²) in [5, 5.41) is 14.3. The summed E-state index contributed by atoms with van der Waals surface area (Å²) >= 11 is 0. The molecule has 8 heteroatoms. The molecule has 0 saturated carbocycles. The Morgan fingerprint density at radius 3 is 2.85 bits per heavy atom. The minimum atomic E-state index is -0.727. The Hall–Kier alpha value is -3.42. The minimum Gasteiger partial charge on any atom is -0.491 e. The monoisotopic (exact) mass is 354 g/mol. The van der Waals surface area contributed by atoms with E-state index in [1.54, 1.807) is 25.1 Å². The summed E-state index contributed by atoms with van der Waals surface area (Å²) in [6.45, 7) is 4.02. The molecule has 3 rings (SSSR count). The van der Waals surface area contributed by atoms with Crippen LogP contribution < -0.4 is 15.6 Å². The van der Waals surface area contributed by atoms with E-state index in [4.69, 9.17) is 4.74 Å². The number of nitro groups is 1. The van der Waals surface area contributed by atoms with Gasteiger partial charge in [0, 0.05) is 6.20 Å². The second-order valence-electron chi connectivity index (χ2n) is 5.97. The lowest BCUT2D eigenvalue weighted by molar-refractivity contribution is -0.385. The third-order valence-corrected chi connectivity index (χ3v) is 3.77. The molecule has 1 aromatic carbocycles. The molecule has 1 unspecified atom stereocenters. The highest BCUT2D eigenvalue weighted by Gasteiger charge is 2.24. The number of benzene rings is 1. The van der Waals surface area contributed by atoms with Crippen molar-refractivity contribution in [2.75, 3.05) is 11.9 Å². The van der Waals surface area contributed by atoms with E-state index in [1.165, 1.54) is 6.20 Å². The first-order valence-corrected chi connectivity index (χ1v) is 8.07. The van der Waals surface area contributed by atoms with Crippen molar-refractivity contribution in [2.24, 2.45) is 0 Å². The van der Waals surface area contributed by atoms with E-state index in [0.717, 1.165) is 9.96 Å². The summed E-state index contributed by atoms with van der Waals surface area (Å²) in [6, 6.07) is 12.2. The molecule has 0 aliphatic carbocycles. The fraction of sp³-hybridized carbons (Fsp3) is 0.222. The van der Waals surface area contributed by atoms with Gasteiger partial charge in [-0.3, -0.25) is 19.3 Å². The highest BCUT2D eigenvalue weighted by atomic mass is 16.6. The van der Waals surface area contributed by atoms with Crippen molar-refractivity contribution < 1.29 is 9.66 Å². The van der Waals surface area contributed by atoms with Gasteiger partial charge in [0.1, 0.15) is 18.0 Å². The van der Waals surface area contributed by atoms with Crippen LogP contribution in [-0.2, 0) is 0 Å². The lowest BCUT2D eigenvalue weighted by Gasteiger charge is -2.16.